The number of carbonyl (C=O) groups is 1. The third kappa shape index (κ3) is 2.76. The number of nitrogens with one attached hydrogen (secondary N) is 1. The van der Waals surface area contributed by atoms with Crippen LogP contribution in [0.4, 0.5) is 0 Å². The highest BCUT2D eigenvalue weighted by atomic mass is 16.2. The summed E-state index contributed by atoms with van der Waals surface area (Å²) in [6, 6.07) is 4.34. The van der Waals surface area contributed by atoms with Gasteiger partial charge in [0.05, 0.1) is 5.69 Å². The van der Waals surface area contributed by atoms with Gasteiger partial charge in [0.1, 0.15) is 0 Å². The van der Waals surface area contributed by atoms with Crippen LogP contribution in [0.25, 0.3) is 0 Å². The van der Waals surface area contributed by atoms with Crippen LogP contribution in [0, 0.1) is 5.92 Å². The van der Waals surface area contributed by atoms with E-state index in [1.807, 2.05) is 12.1 Å². The SMILES string of the molecule is O=C1[C@@H](CCCc2cccnn2)C[C@H]2CNCCN12. The summed E-state index contributed by atoms with van der Waals surface area (Å²) in [7, 11) is 0. The number of amides is 1. The number of aryl methyl sites for hydroxylation is 1. The summed E-state index contributed by atoms with van der Waals surface area (Å²) in [5.41, 5.74) is 1.02. The number of rotatable bonds is 4. The first-order valence-corrected chi connectivity index (χ1v) is 7.12. The van der Waals surface area contributed by atoms with Gasteiger partial charge in [0.15, 0.2) is 0 Å². The van der Waals surface area contributed by atoms with Crippen LogP contribution in [-0.2, 0) is 11.2 Å². The molecular formula is C14H20N4O. The smallest absolute Gasteiger partial charge is 0.226 e. The molecule has 0 saturated carbocycles. The Morgan fingerprint density at radius 3 is 3.21 bits per heavy atom. The highest BCUT2D eigenvalue weighted by Gasteiger charge is 2.39. The van der Waals surface area contributed by atoms with E-state index in [0.29, 0.717) is 11.9 Å². The molecule has 5 heteroatoms. The number of carbonyl (C=O) groups excluding carboxylic acids is 1. The maximum Gasteiger partial charge on any atom is 0.226 e. The van der Waals surface area contributed by atoms with Crippen LogP contribution in [0.2, 0.25) is 0 Å². The molecule has 0 unspecified atom stereocenters. The molecule has 5 nitrogen and oxygen atoms in total. The van der Waals surface area contributed by atoms with Crippen LogP contribution >= 0.6 is 0 Å². The lowest BCUT2D eigenvalue weighted by molar-refractivity contribution is -0.132. The molecule has 1 amide bonds. The second-order valence-electron chi connectivity index (χ2n) is 5.43. The van der Waals surface area contributed by atoms with Crippen molar-refractivity contribution in [2.24, 2.45) is 5.92 Å². The second-order valence-corrected chi connectivity index (χ2v) is 5.43. The van der Waals surface area contributed by atoms with E-state index >= 15 is 0 Å². The molecule has 2 saturated heterocycles. The molecule has 2 fully saturated rings. The molecule has 0 radical (unpaired) electrons. The van der Waals surface area contributed by atoms with Crippen molar-refractivity contribution in [3.8, 4) is 0 Å². The Bertz CT molecular complexity index is 436. The first-order valence-electron chi connectivity index (χ1n) is 7.12. The third-order valence-electron chi connectivity index (χ3n) is 4.15. The number of fused-ring (bicyclic) bond motifs is 1. The lowest BCUT2D eigenvalue weighted by Gasteiger charge is -2.30. The zero-order chi connectivity index (χ0) is 13.1. The van der Waals surface area contributed by atoms with Gasteiger partial charge < -0.3 is 10.2 Å². The van der Waals surface area contributed by atoms with E-state index in [1.165, 1.54) is 0 Å². The van der Waals surface area contributed by atoms with Crippen molar-refractivity contribution in [2.45, 2.75) is 31.7 Å². The van der Waals surface area contributed by atoms with Crippen molar-refractivity contribution < 1.29 is 4.79 Å². The van der Waals surface area contributed by atoms with Gasteiger partial charge >= 0.3 is 0 Å². The molecule has 1 N–H and O–H groups in total. The van der Waals surface area contributed by atoms with Crippen LogP contribution in [0.3, 0.4) is 0 Å². The third-order valence-corrected chi connectivity index (χ3v) is 4.15. The molecule has 1 aromatic rings. The van der Waals surface area contributed by atoms with Crippen molar-refractivity contribution in [3.05, 3.63) is 24.0 Å². The fourth-order valence-corrected chi connectivity index (χ4v) is 3.16. The first-order chi connectivity index (χ1) is 9.34. The minimum Gasteiger partial charge on any atom is -0.337 e. The summed E-state index contributed by atoms with van der Waals surface area (Å²) in [6.45, 7) is 2.78. The van der Waals surface area contributed by atoms with Crippen molar-refractivity contribution in [3.63, 3.8) is 0 Å². The molecule has 2 aliphatic rings. The van der Waals surface area contributed by atoms with Crippen molar-refractivity contribution in [2.75, 3.05) is 19.6 Å². The number of nitrogens with zero attached hydrogens (tertiary/aromatic N) is 3. The maximum absolute atomic E-state index is 12.3. The summed E-state index contributed by atoms with van der Waals surface area (Å²) < 4.78 is 0. The van der Waals surface area contributed by atoms with Crippen molar-refractivity contribution in [1.29, 1.82) is 0 Å². The zero-order valence-electron chi connectivity index (χ0n) is 11.1. The van der Waals surface area contributed by atoms with Crippen LogP contribution < -0.4 is 5.32 Å². The van der Waals surface area contributed by atoms with E-state index in [9.17, 15) is 4.79 Å². The van der Waals surface area contributed by atoms with Gasteiger partial charge in [-0.2, -0.15) is 10.2 Å². The summed E-state index contributed by atoms with van der Waals surface area (Å²) >= 11 is 0. The van der Waals surface area contributed by atoms with Gasteiger partial charge in [-0.05, 0) is 37.8 Å². The first kappa shape index (κ1) is 12.5. The van der Waals surface area contributed by atoms with Crippen molar-refractivity contribution >= 4 is 5.91 Å². The molecule has 102 valence electrons. The summed E-state index contributed by atoms with van der Waals surface area (Å²) in [5.74, 6) is 0.590. The number of piperazine rings is 1. The highest BCUT2D eigenvalue weighted by Crippen LogP contribution is 2.29. The normalized spacial score (nSPS) is 26.5. The average Bonchev–Trinajstić information content (AvgIpc) is 2.78. The molecule has 0 aliphatic carbocycles. The fourth-order valence-electron chi connectivity index (χ4n) is 3.16. The minimum absolute atomic E-state index is 0.224. The average molecular weight is 260 g/mol. The summed E-state index contributed by atoms with van der Waals surface area (Å²) in [5, 5.41) is 11.3. The lowest BCUT2D eigenvalue weighted by atomic mass is 9.97. The van der Waals surface area contributed by atoms with Crippen LogP contribution in [0.1, 0.15) is 25.0 Å². The van der Waals surface area contributed by atoms with Gasteiger partial charge in [-0.25, -0.2) is 0 Å². The molecular weight excluding hydrogens is 240 g/mol. The molecule has 3 rings (SSSR count). The van der Waals surface area contributed by atoms with E-state index < -0.39 is 0 Å². The fraction of sp³-hybridized carbons (Fsp3) is 0.643. The van der Waals surface area contributed by atoms with E-state index in [4.69, 9.17) is 0 Å². The van der Waals surface area contributed by atoms with E-state index in [0.717, 1.165) is 51.0 Å². The van der Waals surface area contributed by atoms with Crippen LogP contribution in [0.5, 0.6) is 0 Å². The van der Waals surface area contributed by atoms with Gasteiger partial charge in [-0.1, -0.05) is 0 Å². The lowest BCUT2D eigenvalue weighted by Crippen LogP contribution is -2.49. The quantitative estimate of drug-likeness (QED) is 0.862. The Morgan fingerprint density at radius 2 is 2.42 bits per heavy atom. The Labute approximate surface area is 113 Å². The Kier molecular flexibility index (Phi) is 3.73. The molecule has 1 aromatic heterocycles. The van der Waals surface area contributed by atoms with Gasteiger partial charge in [-0.15, -0.1) is 0 Å². The monoisotopic (exact) mass is 260 g/mol. The molecule has 2 atom stereocenters. The molecule has 0 bridgehead atoms. The molecule has 2 aliphatic heterocycles. The molecule has 19 heavy (non-hydrogen) atoms. The number of hydrogen-bond donors (Lipinski definition) is 1. The second kappa shape index (κ2) is 5.65. The highest BCUT2D eigenvalue weighted by molar-refractivity contribution is 5.81. The van der Waals surface area contributed by atoms with Gasteiger partial charge in [0, 0.05) is 37.8 Å². The predicted octanol–water partition coefficient (Wildman–Crippen LogP) is 0.620. The van der Waals surface area contributed by atoms with E-state index in [1.54, 1.807) is 6.20 Å². The largest absolute Gasteiger partial charge is 0.337 e. The molecule has 0 spiro atoms. The van der Waals surface area contributed by atoms with E-state index in [2.05, 4.69) is 20.4 Å². The van der Waals surface area contributed by atoms with Gasteiger partial charge in [0.25, 0.3) is 0 Å². The predicted molar refractivity (Wildman–Crippen MR) is 71.4 cm³/mol. The summed E-state index contributed by atoms with van der Waals surface area (Å²) in [4.78, 5) is 14.3. The van der Waals surface area contributed by atoms with Gasteiger partial charge in [0.2, 0.25) is 5.91 Å². The minimum atomic E-state index is 0.224. The topological polar surface area (TPSA) is 58.1 Å². The van der Waals surface area contributed by atoms with Gasteiger partial charge in [-0.3, -0.25) is 4.79 Å². The van der Waals surface area contributed by atoms with Crippen LogP contribution in [-0.4, -0.2) is 46.7 Å². The molecule has 0 aromatic carbocycles. The zero-order valence-corrected chi connectivity index (χ0v) is 11.1. The van der Waals surface area contributed by atoms with Crippen molar-refractivity contribution in [1.82, 2.24) is 20.4 Å². The standard InChI is InChI=1S/C14H20N4O/c19-14-11(9-13-10-15-7-8-18(13)14)3-1-4-12-5-2-6-16-17-12/h2,5-6,11,13,15H,1,3-4,7-10H2/t11-,13-/m0/s1. The van der Waals surface area contributed by atoms with E-state index in [-0.39, 0.29) is 5.92 Å². The maximum atomic E-state index is 12.3. The van der Waals surface area contributed by atoms with Crippen LogP contribution in [0.15, 0.2) is 18.3 Å². The number of hydrogen-bond acceptors (Lipinski definition) is 4. The summed E-state index contributed by atoms with van der Waals surface area (Å²) in [6.07, 6.45) is 5.62. The Balaban J connectivity index is 1.49. The number of aromatic nitrogens is 2. The molecule has 3 heterocycles. The Hall–Kier alpha value is -1.49. The Morgan fingerprint density at radius 1 is 1.47 bits per heavy atom.